The second-order valence-corrected chi connectivity index (χ2v) is 8.89. The van der Waals surface area contributed by atoms with E-state index in [0.29, 0.717) is 37.7 Å². The highest BCUT2D eigenvalue weighted by Crippen LogP contribution is 2.26. The smallest absolute Gasteiger partial charge is 0.303 e. The van der Waals surface area contributed by atoms with Crippen LogP contribution in [0.15, 0.2) is 97.2 Å². The third kappa shape index (κ3) is 5.98. The average molecular weight is 509 g/mol. The van der Waals surface area contributed by atoms with E-state index in [-0.39, 0.29) is 5.91 Å². The van der Waals surface area contributed by atoms with Crippen molar-refractivity contribution in [1.29, 1.82) is 0 Å². The summed E-state index contributed by atoms with van der Waals surface area (Å²) in [6.45, 7) is 3.40. The van der Waals surface area contributed by atoms with Crippen LogP contribution in [0.1, 0.15) is 18.6 Å². The van der Waals surface area contributed by atoms with Gasteiger partial charge in [0.25, 0.3) is 5.91 Å². The van der Waals surface area contributed by atoms with Crippen LogP contribution < -0.4 is 9.64 Å². The minimum Gasteiger partial charge on any atom is -0.457 e. The molecule has 0 spiro atoms. The van der Waals surface area contributed by atoms with Gasteiger partial charge >= 0.3 is 5.97 Å². The number of hydrogen-bond acceptors (Lipinski definition) is 7. The Labute approximate surface area is 221 Å². The van der Waals surface area contributed by atoms with Crippen molar-refractivity contribution in [1.82, 2.24) is 14.9 Å². The van der Waals surface area contributed by atoms with Gasteiger partial charge in [-0.05, 0) is 42.5 Å². The normalized spacial score (nSPS) is 14.0. The number of nitrogens with zero attached hydrogens (tertiary/aromatic N) is 4. The molecular weight excluding hydrogens is 480 g/mol. The van der Waals surface area contributed by atoms with Crippen molar-refractivity contribution in [3.05, 3.63) is 103 Å². The van der Waals surface area contributed by atoms with Gasteiger partial charge in [-0.1, -0.05) is 48.5 Å². The highest BCUT2D eigenvalue weighted by atomic mass is 16.5. The summed E-state index contributed by atoms with van der Waals surface area (Å²) in [6, 6.07) is 28.4. The van der Waals surface area contributed by atoms with Crippen LogP contribution in [-0.4, -0.2) is 52.9 Å². The lowest BCUT2D eigenvalue weighted by Crippen LogP contribution is -2.50. The summed E-state index contributed by atoms with van der Waals surface area (Å²) in [7, 11) is 0. The van der Waals surface area contributed by atoms with Gasteiger partial charge in [-0.15, -0.1) is 0 Å². The molecule has 1 aliphatic rings. The average Bonchev–Trinajstić information content (AvgIpc) is 2.97. The first-order chi connectivity index (χ1) is 18.6. The van der Waals surface area contributed by atoms with Gasteiger partial charge in [0.1, 0.15) is 11.5 Å². The summed E-state index contributed by atoms with van der Waals surface area (Å²) in [6.07, 6.45) is 0.795. The maximum Gasteiger partial charge on any atom is 0.303 e. The van der Waals surface area contributed by atoms with Crippen LogP contribution in [0.5, 0.6) is 11.5 Å². The summed E-state index contributed by atoms with van der Waals surface area (Å²) >= 11 is 0. The SMILES string of the molecule is CC(=O)O[C@H](C(=O)N1CCN(c2nccc(-c3ccc(Oc4ccccc4)cc3)n2)CC1)c1ccccc1. The Morgan fingerprint density at radius 2 is 1.42 bits per heavy atom. The minimum atomic E-state index is -0.950. The Morgan fingerprint density at radius 1 is 0.789 bits per heavy atom. The number of rotatable bonds is 7. The standard InChI is InChI=1S/C30H28N4O4/c1-22(35)37-28(24-8-4-2-5-9-24)29(36)33-18-20-34(21-19-33)30-31-17-16-27(32-30)23-12-14-26(15-13-23)38-25-10-6-3-7-11-25/h2-17,28H,18-21H2,1H3/t28-/m0/s1. The molecule has 1 aromatic heterocycles. The van der Waals surface area contributed by atoms with E-state index in [0.717, 1.165) is 22.8 Å². The first-order valence-corrected chi connectivity index (χ1v) is 12.5. The molecule has 0 bridgehead atoms. The fourth-order valence-electron chi connectivity index (χ4n) is 4.33. The molecule has 5 rings (SSSR count). The van der Waals surface area contributed by atoms with Crippen LogP contribution in [0.2, 0.25) is 0 Å². The molecule has 1 atom stereocenters. The highest BCUT2D eigenvalue weighted by Gasteiger charge is 2.31. The zero-order valence-corrected chi connectivity index (χ0v) is 21.1. The van der Waals surface area contributed by atoms with Crippen molar-refractivity contribution in [2.45, 2.75) is 13.0 Å². The van der Waals surface area contributed by atoms with Crippen LogP contribution in [0, 0.1) is 0 Å². The van der Waals surface area contributed by atoms with Gasteiger partial charge in [-0.2, -0.15) is 0 Å². The van der Waals surface area contributed by atoms with Crippen LogP contribution in [0.25, 0.3) is 11.3 Å². The van der Waals surface area contributed by atoms with E-state index in [1.54, 1.807) is 23.2 Å². The quantitative estimate of drug-likeness (QED) is 0.329. The molecule has 192 valence electrons. The lowest BCUT2D eigenvalue weighted by molar-refractivity contribution is -0.159. The first kappa shape index (κ1) is 25.0. The second-order valence-electron chi connectivity index (χ2n) is 8.89. The van der Waals surface area contributed by atoms with Gasteiger partial charge in [0.15, 0.2) is 0 Å². The highest BCUT2D eigenvalue weighted by molar-refractivity contribution is 5.85. The topological polar surface area (TPSA) is 84.9 Å². The number of carbonyl (C=O) groups is 2. The van der Waals surface area contributed by atoms with Crippen molar-refractivity contribution in [2.75, 3.05) is 31.1 Å². The van der Waals surface area contributed by atoms with Gasteiger partial charge < -0.3 is 19.3 Å². The van der Waals surface area contributed by atoms with E-state index in [9.17, 15) is 9.59 Å². The number of esters is 1. The van der Waals surface area contributed by atoms with Gasteiger partial charge in [0.05, 0.1) is 5.69 Å². The number of carbonyl (C=O) groups excluding carboxylic acids is 2. The molecule has 0 saturated carbocycles. The molecule has 38 heavy (non-hydrogen) atoms. The maximum atomic E-state index is 13.2. The Morgan fingerprint density at radius 3 is 2.08 bits per heavy atom. The zero-order chi connectivity index (χ0) is 26.3. The maximum absolute atomic E-state index is 13.2. The van der Waals surface area contributed by atoms with Crippen LogP contribution in [0.3, 0.4) is 0 Å². The fraction of sp³-hybridized carbons (Fsp3) is 0.200. The van der Waals surface area contributed by atoms with E-state index in [1.807, 2.05) is 78.9 Å². The number of anilines is 1. The van der Waals surface area contributed by atoms with Gasteiger partial charge in [0.2, 0.25) is 12.1 Å². The van der Waals surface area contributed by atoms with Crippen LogP contribution >= 0.6 is 0 Å². The molecule has 1 amide bonds. The molecule has 0 aliphatic carbocycles. The predicted molar refractivity (Wildman–Crippen MR) is 144 cm³/mol. The largest absolute Gasteiger partial charge is 0.457 e. The molecule has 0 unspecified atom stereocenters. The number of ether oxygens (including phenoxy) is 2. The van der Waals surface area contributed by atoms with Crippen LogP contribution in [-0.2, 0) is 14.3 Å². The third-order valence-electron chi connectivity index (χ3n) is 6.26. The van der Waals surface area contributed by atoms with Crippen molar-refractivity contribution < 1.29 is 19.1 Å². The number of benzene rings is 3. The predicted octanol–water partition coefficient (Wildman–Crippen LogP) is 4.89. The molecule has 4 aromatic rings. The molecule has 8 nitrogen and oxygen atoms in total. The molecule has 1 fully saturated rings. The second kappa shape index (κ2) is 11.6. The van der Waals surface area contributed by atoms with Gasteiger partial charge in [0, 0.05) is 50.4 Å². The Bertz CT molecular complexity index is 1370. The van der Waals surface area contributed by atoms with E-state index >= 15 is 0 Å². The number of para-hydroxylation sites is 1. The lowest BCUT2D eigenvalue weighted by Gasteiger charge is -2.36. The molecule has 1 aliphatic heterocycles. The molecule has 3 aromatic carbocycles. The summed E-state index contributed by atoms with van der Waals surface area (Å²) in [5.74, 6) is 1.43. The van der Waals surface area contributed by atoms with Crippen molar-refractivity contribution in [3.63, 3.8) is 0 Å². The van der Waals surface area contributed by atoms with Crippen molar-refractivity contribution in [3.8, 4) is 22.8 Å². The Balaban J connectivity index is 1.23. The number of amides is 1. The summed E-state index contributed by atoms with van der Waals surface area (Å²) < 4.78 is 11.3. The third-order valence-corrected chi connectivity index (χ3v) is 6.26. The molecule has 1 saturated heterocycles. The molecular formula is C30H28N4O4. The van der Waals surface area contributed by atoms with E-state index in [4.69, 9.17) is 14.5 Å². The van der Waals surface area contributed by atoms with Crippen molar-refractivity contribution >= 4 is 17.8 Å². The van der Waals surface area contributed by atoms with Crippen LogP contribution in [0.4, 0.5) is 5.95 Å². The Hall–Kier alpha value is -4.72. The number of aromatic nitrogens is 2. The zero-order valence-electron chi connectivity index (χ0n) is 21.1. The van der Waals surface area contributed by atoms with E-state index < -0.39 is 12.1 Å². The first-order valence-electron chi connectivity index (χ1n) is 12.5. The lowest BCUT2D eigenvalue weighted by atomic mass is 10.1. The Kier molecular flexibility index (Phi) is 7.59. The molecule has 8 heteroatoms. The minimum absolute atomic E-state index is 0.224. The monoisotopic (exact) mass is 508 g/mol. The van der Waals surface area contributed by atoms with E-state index in [2.05, 4.69) is 9.88 Å². The summed E-state index contributed by atoms with van der Waals surface area (Å²) in [4.78, 5) is 38.0. The molecule has 2 heterocycles. The van der Waals surface area contributed by atoms with E-state index in [1.165, 1.54) is 6.92 Å². The van der Waals surface area contributed by atoms with Crippen molar-refractivity contribution in [2.24, 2.45) is 0 Å². The fourth-order valence-corrected chi connectivity index (χ4v) is 4.33. The van der Waals surface area contributed by atoms with Gasteiger partial charge in [-0.3, -0.25) is 9.59 Å². The number of hydrogen-bond donors (Lipinski definition) is 0. The summed E-state index contributed by atoms with van der Waals surface area (Å²) in [5, 5.41) is 0. The number of piperazine rings is 1. The van der Waals surface area contributed by atoms with Gasteiger partial charge in [-0.25, -0.2) is 9.97 Å². The molecule has 0 radical (unpaired) electrons. The molecule has 0 N–H and O–H groups in total. The summed E-state index contributed by atoms with van der Waals surface area (Å²) in [5.41, 5.74) is 2.42.